The Labute approximate surface area is 121 Å². The number of rotatable bonds is 2. The molecule has 1 aliphatic carbocycles. The van der Waals surface area contributed by atoms with E-state index in [0.29, 0.717) is 16.7 Å². The molecule has 0 fully saturated rings. The van der Waals surface area contributed by atoms with Gasteiger partial charge in [0.1, 0.15) is 0 Å². The van der Waals surface area contributed by atoms with Crippen LogP contribution in [0.25, 0.3) is 11.3 Å². The summed E-state index contributed by atoms with van der Waals surface area (Å²) in [4.78, 5) is 23.5. The number of aryl methyl sites for hydroxylation is 1. The average molecular weight is 279 g/mol. The van der Waals surface area contributed by atoms with Gasteiger partial charge in [-0.2, -0.15) is 0 Å². The first kappa shape index (κ1) is 13.1. The van der Waals surface area contributed by atoms with Crippen LogP contribution < -0.4 is 5.11 Å². The summed E-state index contributed by atoms with van der Waals surface area (Å²) in [6.07, 6.45) is -1.68. The Morgan fingerprint density at radius 2 is 1.76 bits per heavy atom. The van der Waals surface area contributed by atoms with Crippen molar-refractivity contribution in [1.82, 2.24) is 0 Å². The molecule has 0 spiro atoms. The van der Waals surface area contributed by atoms with E-state index in [-0.39, 0.29) is 17.1 Å². The van der Waals surface area contributed by atoms with Gasteiger partial charge in [-0.1, -0.05) is 48.5 Å². The zero-order valence-electron chi connectivity index (χ0n) is 11.3. The number of carbonyl (C=O) groups excluding carboxylic acids is 2. The largest absolute Gasteiger partial charge is 0.513 e. The van der Waals surface area contributed by atoms with Gasteiger partial charge in [-0.3, -0.25) is 4.79 Å². The molecule has 2 aromatic carbocycles. The summed E-state index contributed by atoms with van der Waals surface area (Å²) in [7, 11) is 0. The van der Waals surface area contributed by atoms with Crippen LogP contribution in [0, 0.1) is 6.92 Å². The fraction of sp³-hybridized carbons (Fsp3) is 0.0588. The van der Waals surface area contributed by atoms with Gasteiger partial charge in [0.25, 0.3) is 6.16 Å². The molecule has 0 aliphatic heterocycles. The number of hydrogen-bond donors (Lipinski definition) is 0. The van der Waals surface area contributed by atoms with E-state index in [9.17, 15) is 14.7 Å². The summed E-state index contributed by atoms with van der Waals surface area (Å²) in [6, 6.07) is 14.1. The van der Waals surface area contributed by atoms with Crippen molar-refractivity contribution in [2.24, 2.45) is 0 Å². The molecule has 0 saturated heterocycles. The van der Waals surface area contributed by atoms with Crippen LogP contribution in [0.4, 0.5) is 4.79 Å². The molecule has 1 aliphatic rings. The normalized spacial score (nSPS) is 13.3. The van der Waals surface area contributed by atoms with E-state index in [0.717, 1.165) is 5.56 Å². The molecule has 4 nitrogen and oxygen atoms in total. The Morgan fingerprint density at radius 1 is 1.05 bits per heavy atom. The highest BCUT2D eigenvalue weighted by Crippen LogP contribution is 2.40. The minimum absolute atomic E-state index is 0.0549. The Hall–Kier alpha value is -2.88. The molecule has 2 aromatic rings. The van der Waals surface area contributed by atoms with Gasteiger partial charge in [0.05, 0.1) is 11.3 Å². The van der Waals surface area contributed by atoms with Crippen molar-refractivity contribution in [3.05, 3.63) is 70.8 Å². The maximum atomic E-state index is 12.6. The second-order valence-corrected chi connectivity index (χ2v) is 4.75. The number of carbonyl (C=O) groups is 2. The number of benzene rings is 2. The fourth-order valence-corrected chi connectivity index (χ4v) is 2.57. The molecule has 0 unspecified atom stereocenters. The molecule has 3 rings (SSSR count). The predicted octanol–water partition coefficient (Wildman–Crippen LogP) is 2.42. The Kier molecular flexibility index (Phi) is 3.06. The van der Waals surface area contributed by atoms with E-state index in [1.54, 1.807) is 49.4 Å². The van der Waals surface area contributed by atoms with Gasteiger partial charge in [0.15, 0.2) is 5.78 Å². The van der Waals surface area contributed by atoms with Crippen molar-refractivity contribution in [2.75, 3.05) is 0 Å². The van der Waals surface area contributed by atoms with Crippen molar-refractivity contribution < 1.29 is 19.4 Å². The molecule has 21 heavy (non-hydrogen) atoms. The summed E-state index contributed by atoms with van der Waals surface area (Å²) in [5.74, 6) is -0.185. The third kappa shape index (κ3) is 2.10. The maximum Gasteiger partial charge on any atom is 0.257 e. The summed E-state index contributed by atoms with van der Waals surface area (Å²) in [5.41, 5.74) is 2.62. The molecule has 0 radical (unpaired) electrons. The first-order chi connectivity index (χ1) is 10.1. The van der Waals surface area contributed by atoms with E-state index < -0.39 is 6.16 Å². The number of ether oxygens (including phenoxy) is 1. The molecule has 0 heterocycles. The summed E-state index contributed by atoms with van der Waals surface area (Å²) >= 11 is 0. The summed E-state index contributed by atoms with van der Waals surface area (Å²) in [5, 5.41) is 10.9. The van der Waals surface area contributed by atoms with Gasteiger partial charge in [-0.25, -0.2) is 0 Å². The minimum atomic E-state index is -1.68. The van der Waals surface area contributed by atoms with Gasteiger partial charge < -0.3 is 14.6 Å². The number of allylic oxidation sites excluding steroid dienone is 1. The lowest BCUT2D eigenvalue weighted by molar-refractivity contribution is -0.274. The molecule has 0 atom stereocenters. The van der Waals surface area contributed by atoms with Gasteiger partial charge >= 0.3 is 0 Å². The van der Waals surface area contributed by atoms with Gasteiger partial charge in [0.2, 0.25) is 0 Å². The molecule has 0 saturated carbocycles. The number of Topliss-reactive ketones (excluding diaryl/α,β-unsaturated/α-hetero) is 1. The Balaban J connectivity index is 2.28. The Bertz CT molecular complexity index is 773. The lowest BCUT2D eigenvalue weighted by Gasteiger charge is -2.14. The number of ketones is 1. The van der Waals surface area contributed by atoms with E-state index in [2.05, 4.69) is 0 Å². The van der Waals surface area contributed by atoms with E-state index in [1.807, 2.05) is 6.07 Å². The smallest absolute Gasteiger partial charge is 0.257 e. The molecule has 4 heteroatoms. The summed E-state index contributed by atoms with van der Waals surface area (Å²) in [6.45, 7) is 1.80. The predicted molar refractivity (Wildman–Crippen MR) is 75.2 cm³/mol. The second-order valence-electron chi connectivity index (χ2n) is 4.75. The molecule has 0 N–H and O–H groups in total. The molecular weight excluding hydrogens is 268 g/mol. The molecule has 0 aromatic heterocycles. The highest BCUT2D eigenvalue weighted by molar-refractivity contribution is 6.39. The van der Waals surface area contributed by atoms with Crippen LogP contribution in [-0.4, -0.2) is 11.9 Å². The van der Waals surface area contributed by atoms with Crippen molar-refractivity contribution in [3.63, 3.8) is 0 Å². The Morgan fingerprint density at radius 3 is 2.43 bits per heavy atom. The number of fused-ring (bicyclic) bond motifs is 1. The van der Waals surface area contributed by atoms with Crippen LogP contribution >= 0.6 is 0 Å². The van der Waals surface area contributed by atoms with Gasteiger partial charge in [-0.15, -0.1) is 0 Å². The van der Waals surface area contributed by atoms with Crippen molar-refractivity contribution in [2.45, 2.75) is 6.92 Å². The van der Waals surface area contributed by atoms with Gasteiger partial charge in [-0.05, 0) is 18.1 Å². The van der Waals surface area contributed by atoms with Crippen LogP contribution in [0.1, 0.15) is 27.0 Å². The average Bonchev–Trinajstić information content (AvgIpc) is 2.73. The third-order valence-electron chi connectivity index (χ3n) is 3.45. The highest BCUT2D eigenvalue weighted by Gasteiger charge is 2.31. The van der Waals surface area contributed by atoms with Crippen LogP contribution in [-0.2, 0) is 4.74 Å². The molecule has 0 bridgehead atoms. The number of hydrogen-bond acceptors (Lipinski definition) is 4. The monoisotopic (exact) mass is 279 g/mol. The van der Waals surface area contributed by atoms with Crippen LogP contribution in [0.15, 0.2) is 48.5 Å². The van der Waals surface area contributed by atoms with Crippen LogP contribution in [0.3, 0.4) is 0 Å². The van der Waals surface area contributed by atoms with Crippen molar-refractivity contribution >= 4 is 23.3 Å². The highest BCUT2D eigenvalue weighted by atomic mass is 16.7. The van der Waals surface area contributed by atoms with Crippen LogP contribution in [0.2, 0.25) is 0 Å². The zero-order valence-corrected chi connectivity index (χ0v) is 11.3. The lowest BCUT2D eigenvalue weighted by atomic mass is 10.0. The topological polar surface area (TPSA) is 66.4 Å². The fourth-order valence-electron chi connectivity index (χ4n) is 2.57. The quantitative estimate of drug-likeness (QED) is 0.792. The molecular formula is C17H11O4-. The van der Waals surface area contributed by atoms with Crippen LogP contribution in [0.5, 0.6) is 0 Å². The van der Waals surface area contributed by atoms with Gasteiger partial charge in [0, 0.05) is 11.1 Å². The molecule has 104 valence electrons. The number of carboxylic acid groups (broad SMARTS) is 1. The lowest BCUT2D eigenvalue weighted by Crippen LogP contribution is -2.23. The van der Waals surface area contributed by atoms with E-state index in [1.165, 1.54) is 0 Å². The van der Waals surface area contributed by atoms with Crippen molar-refractivity contribution in [1.29, 1.82) is 0 Å². The standard InChI is InChI=1S/C17H12O4/c1-10-6-5-9-12-13(10)16(21-17(19)20)14(15(12)18)11-7-3-2-4-8-11/h2-9H,1H3,(H,19,20)/p-1. The van der Waals surface area contributed by atoms with E-state index in [4.69, 9.17) is 4.74 Å². The zero-order chi connectivity index (χ0) is 15.0. The minimum Gasteiger partial charge on any atom is -0.513 e. The molecule has 0 amide bonds. The van der Waals surface area contributed by atoms with E-state index >= 15 is 0 Å². The third-order valence-corrected chi connectivity index (χ3v) is 3.45. The SMILES string of the molecule is Cc1cccc2c1C(OC(=O)[O-])=C(c1ccccc1)C2=O. The maximum absolute atomic E-state index is 12.6. The first-order valence-corrected chi connectivity index (χ1v) is 6.43. The second kappa shape index (κ2) is 4.90. The summed E-state index contributed by atoms with van der Waals surface area (Å²) < 4.78 is 4.82. The first-order valence-electron chi connectivity index (χ1n) is 6.43. The van der Waals surface area contributed by atoms with Crippen molar-refractivity contribution in [3.8, 4) is 0 Å².